The predicted octanol–water partition coefficient (Wildman–Crippen LogP) is 0.284. The number of nitrogens with two attached hydrogens (primary N) is 1. The van der Waals surface area contributed by atoms with Gasteiger partial charge in [0.15, 0.2) is 0 Å². The standard InChI is InChI=1S/C7H12N2O2/c1-4-5(2)11-7(9-4)6(8)3-10/h6,10H,3,8H2,1-2H3/t6-/m1/s1. The van der Waals surface area contributed by atoms with Crippen LogP contribution in [0.4, 0.5) is 0 Å². The number of aromatic nitrogens is 1. The summed E-state index contributed by atoms with van der Waals surface area (Å²) in [5, 5.41) is 8.66. The Hall–Kier alpha value is -0.870. The van der Waals surface area contributed by atoms with Crippen molar-refractivity contribution in [3.05, 3.63) is 17.3 Å². The first-order valence-electron chi connectivity index (χ1n) is 3.45. The normalized spacial score (nSPS) is 13.5. The summed E-state index contributed by atoms with van der Waals surface area (Å²) in [4.78, 5) is 4.03. The minimum Gasteiger partial charge on any atom is -0.444 e. The van der Waals surface area contributed by atoms with Crippen LogP contribution in [0.25, 0.3) is 0 Å². The van der Waals surface area contributed by atoms with E-state index in [0.717, 1.165) is 11.5 Å². The zero-order valence-corrected chi connectivity index (χ0v) is 6.66. The Morgan fingerprint density at radius 2 is 2.27 bits per heavy atom. The van der Waals surface area contributed by atoms with Gasteiger partial charge in [0, 0.05) is 0 Å². The van der Waals surface area contributed by atoms with Crippen LogP contribution in [-0.4, -0.2) is 16.7 Å². The fourth-order valence-electron chi connectivity index (χ4n) is 0.734. The van der Waals surface area contributed by atoms with E-state index in [1.165, 1.54) is 0 Å². The Kier molecular flexibility index (Phi) is 2.26. The number of nitrogens with zero attached hydrogens (tertiary/aromatic N) is 1. The third-order valence-electron chi connectivity index (χ3n) is 1.56. The summed E-state index contributed by atoms with van der Waals surface area (Å²) in [5.41, 5.74) is 6.29. The zero-order chi connectivity index (χ0) is 8.43. The molecule has 1 rings (SSSR count). The van der Waals surface area contributed by atoms with Gasteiger partial charge in [-0.25, -0.2) is 4.98 Å². The fourth-order valence-corrected chi connectivity index (χ4v) is 0.734. The quantitative estimate of drug-likeness (QED) is 0.645. The van der Waals surface area contributed by atoms with Crippen molar-refractivity contribution in [2.24, 2.45) is 5.73 Å². The van der Waals surface area contributed by atoms with E-state index in [4.69, 9.17) is 15.3 Å². The van der Waals surface area contributed by atoms with Crippen molar-refractivity contribution >= 4 is 0 Å². The molecule has 0 bridgehead atoms. The molecule has 0 spiro atoms. The van der Waals surface area contributed by atoms with Crippen LogP contribution in [0.2, 0.25) is 0 Å². The molecule has 0 radical (unpaired) electrons. The highest BCUT2D eigenvalue weighted by Crippen LogP contribution is 2.13. The van der Waals surface area contributed by atoms with Crippen LogP contribution in [0.5, 0.6) is 0 Å². The third-order valence-corrected chi connectivity index (χ3v) is 1.56. The summed E-state index contributed by atoms with van der Waals surface area (Å²) in [5.74, 6) is 1.16. The molecule has 4 nitrogen and oxygen atoms in total. The molecule has 1 atom stereocenters. The lowest BCUT2D eigenvalue weighted by atomic mass is 10.3. The maximum absolute atomic E-state index is 8.66. The Bertz CT molecular complexity index is 225. The second-order valence-electron chi connectivity index (χ2n) is 2.48. The first-order chi connectivity index (χ1) is 5.15. The lowest BCUT2D eigenvalue weighted by Crippen LogP contribution is -2.14. The van der Waals surface area contributed by atoms with Crippen molar-refractivity contribution in [3.8, 4) is 0 Å². The summed E-state index contributed by atoms with van der Waals surface area (Å²) < 4.78 is 5.17. The van der Waals surface area contributed by atoms with Gasteiger partial charge in [0.2, 0.25) is 5.89 Å². The first-order valence-corrected chi connectivity index (χ1v) is 3.45. The van der Waals surface area contributed by atoms with Crippen LogP contribution in [0, 0.1) is 13.8 Å². The molecular weight excluding hydrogens is 144 g/mol. The average molecular weight is 156 g/mol. The minimum atomic E-state index is -0.498. The van der Waals surface area contributed by atoms with Gasteiger partial charge in [-0.3, -0.25) is 0 Å². The van der Waals surface area contributed by atoms with E-state index < -0.39 is 6.04 Å². The average Bonchev–Trinajstić information content (AvgIpc) is 2.31. The molecule has 0 fully saturated rings. The van der Waals surface area contributed by atoms with Gasteiger partial charge in [-0.05, 0) is 13.8 Å². The molecule has 62 valence electrons. The number of rotatable bonds is 2. The Labute approximate surface area is 65.0 Å². The molecule has 11 heavy (non-hydrogen) atoms. The molecule has 3 N–H and O–H groups in total. The van der Waals surface area contributed by atoms with Gasteiger partial charge in [0.1, 0.15) is 11.8 Å². The van der Waals surface area contributed by atoms with Gasteiger partial charge in [0.05, 0.1) is 12.3 Å². The maximum atomic E-state index is 8.66. The van der Waals surface area contributed by atoms with Crippen LogP contribution in [0.15, 0.2) is 4.42 Å². The Morgan fingerprint density at radius 1 is 1.64 bits per heavy atom. The van der Waals surface area contributed by atoms with Gasteiger partial charge in [0.25, 0.3) is 0 Å². The van der Waals surface area contributed by atoms with E-state index >= 15 is 0 Å². The van der Waals surface area contributed by atoms with E-state index in [2.05, 4.69) is 4.98 Å². The third kappa shape index (κ3) is 1.58. The van der Waals surface area contributed by atoms with Gasteiger partial charge < -0.3 is 15.3 Å². The van der Waals surface area contributed by atoms with E-state index in [1.807, 2.05) is 13.8 Å². The fraction of sp³-hybridized carbons (Fsp3) is 0.571. The minimum absolute atomic E-state index is 0.139. The molecule has 0 amide bonds. The van der Waals surface area contributed by atoms with Crippen LogP contribution in [-0.2, 0) is 0 Å². The summed E-state index contributed by atoms with van der Waals surface area (Å²) in [6.45, 7) is 3.52. The summed E-state index contributed by atoms with van der Waals surface area (Å²) >= 11 is 0. The maximum Gasteiger partial charge on any atom is 0.213 e. The van der Waals surface area contributed by atoms with E-state index in [-0.39, 0.29) is 6.61 Å². The van der Waals surface area contributed by atoms with Crippen molar-refractivity contribution < 1.29 is 9.52 Å². The zero-order valence-electron chi connectivity index (χ0n) is 6.66. The van der Waals surface area contributed by atoms with E-state index in [0.29, 0.717) is 5.89 Å². The molecule has 1 aromatic rings. The number of aliphatic hydroxyl groups excluding tert-OH is 1. The number of hydrogen-bond donors (Lipinski definition) is 2. The molecule has 0 saturated heterocycles. The second-order valence-corrected chi connectivity index (χ2v) is 2.48. The number of oxazole rings is 1. The molecule has 0 aliphatic rings. The largest absolute Gasteiger partial charge is 0.444 e. The van der Waals surface area contributed by atoms with Gasteiger partial charge in [-0.1, -0.05) is 0 Å². The lowest BCUT2D eigenvalue weighted by Gasteiger charge is -1.99. The molecule has 1 heterocycles. The topological polar surface area (TPSA) is 72.3 Å². The van der Waals surface area contributed by atoms with Crippen molar-refractivity contribution in [2.75, 3.05) is 6.61 Å². The Balaban J connectivity index is 2.88. The summed E-state index contributed by atoms with van der Waals surface area (Å²) in [6, 6.07) is -0.498. The van der Waals surface area contributed by atoms with E-state index in [1.54, 1.807) is 0 Å². The molecule has 0 aliphatic heterocycles. The van der Waals surface area contributed by atoms with Crippen LogP contribution >= 0.6 is 0 Å². The highest BCUT2D eigenvalue weighted by Gasteiger charge is 2.12. The van der Waals surface area contributed by atoms with Crippen molar-refractivity contribution in [1.29, 1.82) is 0 Å². The van der Waals surface area contributed by atoms with Crippen LogP contribution < -0.4 is 5.73 Å². The molecule has 0 aliphatic carbocycles. The Morgan fingerprint density at radius 3 is 2.64 bits per heavy atom. The predicted molar refractivity (Wildman–Crippen MR) is 40.0 cm³/mol. The van der Waals surface area contributed by atoms with Gasteiger partial charge >= 0.3 is 0 Å². The first kappa shape index (κ1) is 8.23. The molecular formula is C7H12N2O2. The smallest absolute Gasteiger partial charge is 0.213 e. The molecule has 0 aromatic carbocycles. The molecule has 4 heteroatoms. The highest BCUT2D eigenvalue weighted by atomic mass is 16.4. The van der Waals surface area contributed by atoms with Crippen molar-refractivity contribution in [3.63, 3.8) is 0 Å². The van der Waals surface area contributed by atoms with Gasteiger partial charge in [-0.2, -0.15) is 0 Å². The second kappa shape index (κ2) is 3.02. The SMILES string of the molecule is Cc1nc([C@H](N)CO)oc1C. The van der Waals surface area contributed by atoms with Crippen molar-refractivity contribution in [1.82, 2.24) is 4.98 Å². The highest BCUT2D eigenvalue weighted by molar-refractivity contribution is 5.07. The van der Waals surface area contributed by atoms with Gasteiger partial charge in [-0.15, -0.1) is 0 Å². The monoisotopic (exact) mass is 156 g/mol. The number of aryl methyl sites for hydroxylation is 2. The van der Waals surface area contributed by atoms with E-state index in [9.17, 15) is 0 Å². The molecule has 0 saturated carbocycles. The number of aliphatic hydroxyl groups is 1. The number of hydrogen-bond acceptors (Lipinski definition) is 4. The van der Waals surface area contributed by atoms with Crippen molar-refractivity contribution in [2.45, 2.75) is 19.9 Å². The molecule has 0 unspecified atom stereocenters. The summed E-state index contributed by atoms with van der Waals surface area (Å²) in [7, 11) is 0. The molecule has 1 aromatic heterocycles. The summed E-state index contributed by atoms with van der Waals surface area (Å²) in [6.07, 6.45) is 0. The van der Waals surface area contributed by atoms with Crippen LogP contribution in [0.3, 0.4) is 0 Å². The van der Waals surface area contributed by atoms with Crippen LogP contribution in [0.1, 0.15) is 23.4 Å². The lowest BCUT2D eigenvalue weighted by molar-refractivity contribution is 0.246.